The molecule has 4 N–H and O–H groups in total. The maximum atomic E-state index is 12.8. The molecule has 14 heteroatoms. The molecule has 192 valence electrons. The summed E-state index contributed by atoms with van der Waals surface area (Å²) in [5.74, 6) is -0.255. The number of nitrogens with zero attached hydrogens (tertiary/aromatic N) is 6. The fourth-order valence-electron chi connectivity index (χ4n) is 4.58. The highest BCUT2D eigenvalue weighted by Crippen LogP contribution is 2.39. The number of thiazole rings is 1. The van der Waals surface area contributed by atoms with E-state index in [9.17, 15) is 23.4 Å². The Bertz CT molecular complexity index is 1250. The third-order valence-corrected chi connectivity index (χ3v) is 7.39. The molecule has 3 aromatic rings. The Labute approximate surface area is 208 Å². The molecule has 3 aromatic heterocycles. The van der Waals surface area contributed by atoms with Crippen LogP contribution >= 0.6 is 11.3 Å². The molecule has 3 heterocycles. The quantitative estimate of drug-likeness (QED) is 0.369. The molecule has 0 bridgehead atoms. The summed E-state index contributed by atoms with van der Waals surface area (Å²) in [6, 6.07) is -0.605. The molecule has 2 aliphatic carbocycles. The van der Waals surface area contributed by atoms with Crippen LogP contribution < -0.4 is 10.6 Å². The molecule has 0 amide bonds. The lowest BCUT2D eigenvalue weighted by Gasteiger charge is -2.21. The van der Waals surface area contributed by atoms with Crippen LogP contribution in [0.3, 0.4) is 0 Å². The Morgan fingerprint density at radius 3 is 2.75 bits per heavy atom. The summed E-state index contributed by atoms with van der Waals surface area (Å²) in [6.07, 6.45) is 2.75. The zero-order valence-corrected chi connectivity index (χ0v) is 20.1. The van der Waals surface area contributed by atoms with E-state index < -0.39 is 31.0 Å². The number of hydrogen-bond acceptors (Lipinski definition) is 10. The Morgan fingerprint density at radius 2 is 2.03 bits per heavy atom. The van der Waals surface area contributed by atoms with Crippen molar-refractivity contribution in [2.75, 3.05) is 17.2 Å². The van der Waals surface area contributed by atoms with Crippen LogP contribution in [0.2, 0.25) is 0 Å². The summed E-state index contributed by atoms with van der Waals surface area (Å²) in [5, 5.41) is 35.1. The van der Waals surface area contributed by atoms with E-state index in [1.807, 2.05) is 6.08 Å². The topological polar surface area (TPSA) is 134 Å². The molecule has 0 unspecified atom stereocenters. The van der Waals surface area contributed by atoms with Crippen molar-refractivity contribution in [2.45, 2.75) is 57.2 Å². The van der Waals surface area contributed by atoms with Gasteiger partial charge in [-0.15, -0.1) is 16.4 Å². The number of aliphatic hydroxyl groups is 2. The van der Waals surface area contributed by atoms with E-state index in [2.05, 4.69) is 37.0 Å². The molecular weight excluding hydrogens is 497 g/mol. The van der Waals surface area contributed by atoms with Crippen LogP contribution in [0, 0.1) is 12.8 Å². The molecule has 0 radical (unpaired) electrons. The molecule has 0 saturated heterocycles. The maximum absolute atomic E-state index is 12.8. The van der Waals surface area contributed by atoms with Gasteiger partial charge < -0.3 is 20.8 Å². The summed E-state index contributed by atoms with van der Waals surface area (Å²) in [4.78, 5) is 14.4. The van der Waals surface area contributed by atoms with Crippen molar-refractivity contribution in [3.63, 3.8) is 0 Å². The largest absolute Gasteiger partial charge is 0.405 e. The molecule has 0 aliphatic heterocycles. The van der Waals surface area contributed by atoms with Gasteiger partial charge in [0, 0.05) is 18.7 Å². The van der Waals surface area contributed by atoms with Crippen molar-refractivity contribution in [2.24, 2.45) is 5.92 Å². The van der Waals surface area contributed by atoms with Crippen molar-refractivity contribution in [3.8, 4) is 10.6 Å². The first-order valence-electron chi connectivity index (χ1n) is 11.5. The minimum atomic E-state index is -4.44. The van der Waals surface area contributed by atoms with Gasteiger partial charge in [0.25, 0.3) is 0 Å². The van der Waals surface area contributed by atoms with E-state index in [-0.39, 0.29) is 17.7 Å². The van der Waals surface area contributed by atoms with E-state index in [1.165, 1.54) is 17.5 Å². The molecule has 1 saturated carbocycles. The van der Waals surface area contributed by atoms with E-state index in [4.69, 9.17) is 4.98 Å². The average Bonchev–Trinajstić information content (AvgIpc) is 3.54. The van der Waals surface area contributed by atoms with Gasteiger partial charge in [-0.25, -0.2) is 9.97 Å². The first-order chi connectivity index (χ1) is 17.2. The Balaban J connectivity index is 1.46. The minimum Gasteiger partial charge on any atom is -0.390 e. The van der Waals surface area contributed by atoms with Crippen LogP contribution in [0.5, 0.6) is 0 Å². The minimum absolute atomic E-state index is 0.190. The highest BCUT2D eigenvalue weighted by atomic mass is 32.1. The molecule has 0 aromatic carbocycles. The molecular formula is C22H25F3N8O2S. The predicted molar refractivity (Wildman–Crippen MR) is 127 cm³/mol. The first kappa shape index (κ1) is 24.6. The number of fused-ring (bicyclic) bond motifs is 1. The maximum Gasteiger partial charge on any atom is 0.405 e. The number of aromatic nitrogens is 6. The van der Waals surface area contributed by atoms with Crippen LogP contribution in [0.15, 0.2) is 18.5 Å². The van der Waals surface area contributed by atoms with Crippen LogP contribution in [0.1, 0.15) is 29.1 Å². The van der Waals surface area contributed by atoms with Crippen molar-refractivity contribution in [1.82, 2.24) is 29.9 Å². The van der Waals surface area contributed by atoms with Crippen LogP contribution in [0.4, 0.5) is 24.9 Å². The zero-order valence-electron chi connectivity index (χ0n) is 19.3. The lowest BCUT2D eigenvalue weighted by molar-refractivity contribution is -0.115. The summed E-state index contributed by atoms with van der Waals surface area (Å²) >= 11 is 1.45. The molecule has 1 fully saturated rings. The van der Waals surface area contributed by atoms with Crippen LogP contribution in [0.25, 0.3) is 16.6 Å². The number of rotatable bonds is 7. The van der Waals surface area contributed by atoms with Gasteiger partial charge in [-0.1, -0.05) is 11.3 Å². The Hall–Kier alpha value is -3.10. The van der Waals surface area contributed by atoms with Crippen LogP contribution in [-0.2, 0) is 13.0 Å². The molecule has 0 spiro atoms. The first-order valence-corrected chi connectivity index (χ1v) is 12.3. The fourth-order valence-corrected chi connectivity index (χ4v) is 5.72. The van der Waals surface area contributed by atoms with Gasteiger partial charge in [0.2, 0.25) is 5.95 Å². The molecule has 4 atom stereocenters. The monoisotopic (exact) mass is 522 g/mol. The fraction of sp³-hybridized carbons (Fsp3) is 0.500. The number of aliphatic hydroxyl groups excluding tert-OH is 2. The van der Waals surface area contributed by atoms with Gasteiger partial charge in [-0.05, 0) is 32.3 Å². The van der Waals surface area contributed by atoms with Gasteiger partial charge >= 0.3 is 6.18 Å². The normalized spacial score (nSPS) is 23.6. The lowest BCUT2D eigenvalue weighted by Crippen LogP contribution is -2.36. The number of alkyl halides is 3. The SMILES string of the molecule is Cc1nc(NCC(F)(F)F)nc(N[C@@H]2C[C@H](Cn3ccnn3)[C@@H](O)[C@H]2O)c1-c1nc2c(s1)C=CCC2. The Kier molecular flexibility index (Phi) is 6.66. The molecule has 36 heavy (non-hydrogen) atoms. The smallest absolute Gasteiger partial charge is 0.390 e. The predicted octanol–water partition coefficient (Wildman–Crippen LogP) is 2.66. The van der Waals surface area contributed by atoms with Gasteiger partial charge in [-0.3, -0.25) is 4.68 Å². The van der Waals surface area contributed by atoms with Crippen molar-refractivity contribution in [3.05, 3.63) is 34.7 Å². The highest BCUT2D eigenvalue weighted by molar-refractivity contribution is 7.16. The number of aryl methyl sites for hydroxylation is 2. The second-order valence-corrected chi connectivity index (χ2v) is 9.98. The van der Waals surface area contributed by atoms with Crippen molar-refractivity contribution < 1.29 is 23.4 Å². The van der Waals surface area contributed by atoms with E-state index in [0.717, 1.165) is 23.4 Å². The van der Waals surface area contributed by atoms with E-state index >= 15 is 0 Å². The van der Waals surface area contributed by atoms with Crippen molar-refractivity contribution in [1.29, 1.82) is 0 Å². The summed E-state index contributed by atoms with van der Waals surface area (Å²) in [7, 11) is 0. The van der Waals surface area contributed by atoms with E-state index in [0.29, 0.717) is 29.2 Å². The van der Waals surface area contributed by atoms with Gasteiger partial charge in [-0.2, -0.15) is 18.2 Å². The number of halogens is 3. The number of allylic oxidation sites excluding steroid dienone is 1. The highest BCUT2D eigenvalue weighted by Gasteiger charge is 2.42. The second kappa shape index (κ2) is 9.75. The number of anilines is 2. The number of nitrogens with one attached hydrogen (secondary N) is 2. The third kappa shape index (κ3) is 5.20. The molecule has 5 rings (SSSR count). The second-order valence-electron chi connectivity index (χ2n) is 8.95. The summed E-state index contributed by atoms with van der Waals surface area (Å²) in [5.41, 5.74) is 1.95. The lowest BCUT2D eigenvalue weighted by atomic mass is 10.1. The summed E-state index contributed by atoms with van der Waals surface area (Å²) in [6.45, 7) is 0.757. The van der Waals surface area contributed by atoms with Crippen LogP contribution in [-0.4, -0.2) is 71.1 Å². The molecule has 10 nitrogen and oxygen atoms in total. The molecule has 2 aliphatic rings. The van der Waals surface area contributed by atoms with Crippen molar-refractivity contribution >= 4 is 29.2 Å². The van der Waals surface area contributed by atoms with Gasteiger partial charge in [0.15, 0.2) is 0 Å². The number of hydrogen-bond donors (Lipinski definition) is 4. The standard InChI is InChI=1S/C22H25F3N8O2S/c1-11-16(20-30-13-4-2-3-5-15(13)36-20)19(31-21(28-11)26-10-22(23,24)25)29-14-8-12(17(34)18(14)35)9-33-7-6-27-32-33/h3,5-7,12,14,17-18,34-35H,2,4,8-10H2,1H3,(H2,26,28,29,31)/t12-,14-,17-,18+/m1/s1. The average molecular weight is 523 g/mol. The van der Waals surface area contributed by atoms with Gasteiger partial charge in [0.1, 0.15) is 23.5 Å². The zero-order chi connectivity index (χ0) is 25.4. The van der Waals surface area contributed by atoms with Gasteiger partial charge in [0.05, 0.1) is 40.2 Å². The van der Waals surface area contributed by atoms with E-state index in [1.54, 1.807) is 17.8 Å². The third-order valence-electron chi connectivity index (χ3n) is 6.31. The summed E-state index contributed by atoms with van der Waals surface area (Å²) < 4.78 is 40.0. The Morgan fingerprint density at radius 1 is 1.19 bits per heavy atom.